The molecule has 0 spiro atoms. The Morgan fingerprint density at radius 1 is 1.12 bits per heavy atom. The number of hydrogen-bond donors (Lipinski definition) is 0. The Hall–Kier alpha value is -2.10. The fraction of sp³-hybridized carbons (Fsp3) is 0.640. The molecule has 0 radical (unpaired) electrons. The number of unbranched alkanes of at least 4 members (excludes halogenated alkanes) is 1. The Labute approximate surface area is 209 Å². The van der Waals surface area contributed by atoms with Gasteiger partial charge in [0, 0.05) is 24.4 Å². The number of nitrogens with zero attached hydrogens (tertiary/aromatic N) is 4. The van der Waals surface area contributed by atoms with Crippen LogP contribution >= 0.6 is 11.9 Å². The summed E-state index contributed by atoms with van der Waals surface area (Å²) >= 11 is 1.83. The second-order valence-electron chi connectivity index (χ2n) is 7.73. The van der Waals surface area contributed by atoms with E-state index in [4.69, 9.17) is 14.2 Å². The van der Waals surface area contributed by atoms with Crippen molar-refractivity contribution in [2.75, 3.05) is 43.5 Å². The van der Waals surface area contributed by atoms with Crippen LogP contribution in [0.25, 0.3) is 0 Å². The van der Waals surface area contributed by atoms with Gasteiger partial charge in [0.1, 0.15) is 24.7 Å². The number of Topliss-reactive ketones (excluding diaryl/α,β-unsaturated/α-hetero) is 1. The Balaban J connectivity index is 0.00000281. The zero-order chi connectivity index (χ0) is 25.2. The average Bonchev–Trinajstić information content (AvgIpc) is 3.31. The first-order valence-corrected chi connectivity index (χ1v) is 13.1. The van der Waals surface area contributed by atoms with E-state index < -0.39 is 0 Å². The van der Waals surface area contributed by atoms with Gasteiger partial charge >= 0.3 is 0 Å². The summed E-state index contributed by atoms with van der Waals surface area (Å²) in [5, 5.41) is 8.24. The van der Waals surface area contributed by atoms with Gasteiger partial charge in [-0.3, -0.25) is 4.79 Å². The summed E-state index contributed by atoms with van der Waals surface area (Å²) in [4.78, 5) is 11.5. The van der Waals surface area contributed by atoms with Gasteiger partial charge < -0.3 is 18.5 Å². The fourth-order valence-corrected chi connectivity index (χ4v) is 3.52. The predicted octanol–water partition coefficient (Wildman–Crippen LogP) is 5.03. The van der Waals surface area contributed by atoms with Gasteiger partial charge in [0.05, 0.1) is 32.6 Å². The van der Waals surface area contributed by atoms with Gasteiger partial charge in [-0.1, -0.05) is 58.2 Å². The zero-order valence-corrected chi connectivity index (χ0v) is 22.5. The van der Waals surface area contributed by atoms with Crippen molar-refractivity contribution in [2.24, 2.45) is 5.92 Å². The molecule has 1 heterocycles. The van der Waals surface area contributed by atoms with Crippen LogP contribution in [-0.4, -0.2) is 60.0 Å². The van der Waals surface area contributed by atoms with Gasteiger partial charge in [-0.05, 0) is 30.7 Å². The van der Waals surface area contributed by atoms with Crippen molar-refractivity contribution >= 4 is 23.4 Å². The van der Waals surface area contributed by atoms with Crippen LogP contribution in [0.1, 0.15) is 53.2 Å². The van der Waals surface area contributed by atoms with Crippen LogP contribution in [0.4, 0.5) is 5.69 Å². The molecule has 0 aliphatic rings. The van der Waals surface area contributed by atoms with E-state index in [1.807, 2.05) is 58.0 Å². The van der Waals surface area contributed by atoms with Crippen molar-refractivity contribution in [3.63, 3.8) is 0 Å². The lowest BCUT2D eigenvalue weighted by Gasteiger charge is -2.18. The molecule has 0 saturated carbocycles. The molecule has 0 amide bonds. The fourth-order valence-electron chi connectivity index (χ4n) is 2.56. The molecule has 34 heavy (non-hydrogen) atoms. The predicted molar refractivity (Wildman–Crippen MR) is 139 cm³/mol. The molecular formula is C25H42N4O4S. The number of anilines is 1. The third kappa shape index (κ3) is 12.4. The molecule has 0 bridgehead atoms. The highest BCUT2D eigenvalue weighted by atomic mass is 32.2. The summed E-state index contributed by atoms with van der Waals surface area (Å²) in [5.74, 6) is 2.03. The number of benzene rings is 1. The lowest BCUT2D eigenvalue weighted by molar-refractivity contribution is -0.127. The molecule has 9 heteroatoms. The van der Waals surface area contributed by atoms with E-state index in [2.05, 4.69) is 40.7 Å². The van der Waals surface area contributed by atoms with Gasteiger partial charge in [-0.25, -0.2) is 4.68 Å². The Bertz CT molecular complexity index is 783. The van der Waals surface area contributed by atoms with Crippen LogP contribution in [0.2, 0.25) is 0 Å². The molecule has 2 aromatic rings. The molecule has 0 atom stereocenters. The number of aromatic nitrogens is 3. The molecule has 8 nitrogen and oxygen atoms in total. The minimum absolute atomic E-state index is 0.00176. The number of rotatable bonds is 17. The van der Waals surface area contributed by atoms with Crippen molar-refractivity contribution in [2.45, 2.75) is 60.6 Å². The standard InChI is InChI=1S/C23H36N4O4S.C2H6/c1-5-6-15-32-26(4)21-7-9-22(10-8-21)31-17-20-16-27(25-24-20)11-12-29-13-14-30-18-23(28)19(2)3;1-2/h7-10,16,19H,5-6,11-15,17-18H2,1-4H3;1-2H3. The van der Waals surface area contributed by atoms with Gasteiger partial charge in [0.15, 0.2) is 5.78 Å². The van der Waals surface area contributed by atoms with Crippen LogP contribution in [-0.2, 0) is 27.4 Å². The minimum atomic E-state index is 0.00176. The number of ether oxygens (including phenoxy) is 3. The minimum Gasteiger partial charge on any atom is -0.487 e. The second-order valence-corrected chi connectivity index (χ2v) is 8.94. The third-order valence-electron chi connectivity index (χ3n) is 4.68. The van der Waals surface area contributed by atoms with Gasteiger partial charge in [-0.2, -0.15) is 0 Å². The molecule has 0 aliphatic carbocycles. The van der Waals surface area contributed by atoms with E-state index in [0.717, 1.165) is 22.9 Å². The molecule has 2 rings (SSSR count). The second kappa shape index (κ2) is 18.3. The molecule has 0 aliphatic heterocycles. The SMILES string of the molecule is CC.CCCCSN(C)c1ccc(OCc2cn(CCOCCOCC(=O)C(C)C)nn2)cc1. The highest BCUT2D eigenvalue weighted by molar-refractivity contribution is 8.00. The number of carbonyl (C=O) groups excluding carboxylic acids is 1. The maximum atomic E-state index is 11.5. The summed E-state index contributed by atoms with van der Waals surface area (Å²) in [6.07, 6.45) is 4.29. The first kappa shape index (κ1) is 29.9. The van der Waals surface area contributed by atoms with Gasteiger partial charge in [-0.15, -0.1) is 5.10 Å². The summed E-state index contributed by atoms with van der Waals surface area (Å²) in [5.41, 5.74) is 1.91. The number of ketones is 1. The number of carbonyl (C=O) groups is 1. The highest BCUT2D eigenvalue weighted by Gasteiger charge is 2.07. The van der Waals surface area contributed by atoms with Crippen LogP contribution in [0, 0.1) is 5.92 Å². The van der Waals surface area contributed by atoms with Crippen LogP contribution < -0.4 is 9.04 Å². The van der Waals surface area contributed by atoms with E-state index in [-0.39, 0.29) is 18.3 Å². The Morgan fingerprint density at radius 2 is 1.82 bits per heavy atom. The maximum Gasteiger partial charge on any atom is 0.160 e. The van der Waals surface area contributed by atoms with Gasteiger partial charge in [0.2, 0.25) is 0 Å². The first-order chi connectivity index (χ1) is 16.5. The number of hydrogen-bond acceptors (Lipinski definition) is 8. The highest BCUT2D eigenvalue weighted by Crippen LogP contribution is 2.24. The largest absolute Gasteiger partial charge is 0.487 e. The summed E-state index contributed by atoms with van der Waals surface area (Å²) < 4.78 is 20.6. The van der Waals surface area contributed by atoms with Crippen molar-refractivity contribution in [3.05, 3.63) is 36.2 Å². The van der Waals surface area contributed by atoms with Crippen LogP contribution in [0.15, 0.2) is 30.5 Å². The quantitative estimate of drug-likeness (QED) is 0.224. The van der Waals surface area contributed by atoms with E-state index in [0.29, 0.717) is 33.0 Å². The van der Waals surface area contributed by atoms with E-state index in [1.165, 1.54) is 12.8 Å². The van der Waals surface area contributed by atoms with E-state index in [1.54, 1.807) is 4.68 Å². The normalized spacial score (nSPS) is 10.7. The van der Waals surface area contributed by atoms with Crippen LogP contribution in [0.5, 0.6) is 5.75 Å². The lowest BCUT2D eigenvalue weighted by atomic mass is 10.1. The summed E-state index contributed by atoms with van der Waals surface area (Å²) in [6, 6.07) is 8.07. The van der Waals surface area contributed by atoms with E-state index >= 15 is 0 Å². The third-order valence-corrected chi connectivity index (χ3v) is 5.75. The molecular weight excluding hydrogens is 452 g/mol. The Kier molecular flexibility index (Phi) is 16.1. The van der Waals surface area contributed by atoms with Crippen molar-refractivity contribution in [1.82, 2.24) is 15.0 Å². The summed E-state index contributed by atoms with van der Waals surface area (Å²) in [6.45, 7) is 12.4. The molecule has 0 unspecified atom stereocenters. The molecule has 0 fully saturated rings. The van der Waals surface area contributed by atoms with E-state index in [9.17, 15) is 4.79 Å². The van der Waals surface area contributed by atoms with Crippen molar-refractivity contribution < 1.29 is 19.0 Å². The van der Waals surface area contributed by atoms with Gasteiger partial charge in [0.25, 0.3) is 0 Å². The summed E-state index contributed by atoms with van der Waals surface area (Å²) in [7, 11) is 2.08. The first-order valence-electron chi connectivity index (χ1n) is 12.2. The maximum absolute atomic E-state index is 11.5. The monoisotopic (exact) mass is 494 g/mol. The molecule has 1 aromatic heterocycles. The van der Waals surface area contributed by atoms with Crippen LogP contribution in [0.3, 0.4) is 0 Å². The van der Waals surface area contributed by atoms with Crippen molar-refractivity contribution in [1.29, 1.82) is 0 Å². The van der Waals surface area contributed by atoms with Crippen molar-refractivity contribution in [3.8, 4) is 5.75 Å². The molecule has 0 N–H and O–H groups in total. The lowest BCUT2D eigenvalue weighted by Crippen LogP contribution is -2.17. The topological polar surface area (TPSA) is 78.7 Å². The smallest absolute Gasteiger partial charge is 0.160 e. The molecule has 0 saturated heterocycles. The average molecular weight is 495 g/mol. The molecule has 192 valence electrons. The zero-order valence-electron chi connectivity index (χ0n) is 21.7. The molecule has 1 aromatic carbocycles. The Morgan fingerprint density at radius 3 is 2.50 bits per heavy atom.